The maximum Gasteiger partial charge on any atom is 0.222 e. The van der Waals surface area contributed by atoms with Crippen molar-refractivity contribution in [3.8, 4) is 0 Å². The van der Waals surface area contributed by atoms with E-state index in [-0.39, 0.29) is 12.0 Å². The molecule has 1 heterocycles. The highest BCUT2D eigenvalue weighted by Gasteiger charge is 2.24. The quantitative estimate of drug-likeness (QED) is 0.666. The molecule has 1 amide bonds. The Kier molecular flexibility index (Phi) is 6.52. The Bertz CT molecular complexity index is 231. The van der Waals surface area contributed by atoms with Gasteiger partial charge in [0, 0.05) is 26.6 Å². The molecule has 0 saturated carbocycles. The Hall–Kier alpha value is -0.610. The highest BCUT2D eigenvalue weighted by molar-refractivity contribution is 5.76. The number of likely N-dealkylation sites (tertiary alicyclic amines) is 1. The van der Waals surface area contributed by atoms with Gasteiger partial charge in [-0.3, -0.25) is 4.79 Å². The number of hydrogen-bond donors (Lipinski definition) is 0. The highest BCUT2D eigenvalue weighted by Crippen LogP contribution is 2.15. The monoisotopic (exact) mass is 243 g/mol. The normalized spacial score (nSPS) is 20.9. The fourth-order valence-corrected chi connectivity index (χ4v) is 2.08. The standard InChI is InChI=1S/C13H25NO3/c1-11(2)9-13(15)14-6-4-5-12(10-14)17-8-7-16-3/h11-12H,4-10H2,1-3H3. The number of rotatable bonds is 6. The molecule has 0 spiro atoms. The summed E-state index contributed by atoms with van der Waals surface area (Å²) in [6.07, 6.45) is 2.93. The van der Waals surface area contributed by atoms with Crippen LogP contribution in [-0.4, -0.2) is 50.3 Å². The summed E-state index contributed by atoms with van der Waals surface area (Å²) >= 11 is 0. The molecular weight excluding hydrogens is 218 g/mol. The molecule has 1 aliphatic rings. The van der Waals surface area contributed by atoms with Crippen molar-refractivity contribution in [2.24, 2.45) is 5.92 Å². The van der Waals surface area contributed by atoms with E-state index in [4.69, 9.17) is 9.47 Å². The van der Waals surface area contributed by atoms with Crippen LogP contribution in [-0.2, 0) is 14.3 Å². The van der Waals surface area contributed by atoms with Gasteiger partial charge in [0.25, 0.3) is 0 Å². The van der Waals surface area contributed by atoms with Crippen molar-refractivity contribution in [1.82, 2.24) is 4.90 Å². The lowest BCUT2D eigenvalue weighted by molar-refractivity contribution is -0.136. The summed E-state index contributed by atoms with van der Waals surface area (Å²) in [5, 5.41) is 0. The SMILES string of the molecule is COCCOC1CCCN(C(=O)CC(C)C)C1. The summed E-state index contributed by atoms with van der Waals surface area (Å²) in [5.74, 6) is 0.692. The van der Waals surface area contributed by atoms with Crippen molar-refractivity contribution in [2.75, 3.05) is 33.4 Å². The Balaban J connectivity index is 2.30. The lowest BCUT2D eigenvalue weighted by Crippen LogP contribution is -2.43. The van der Waals surface area contributed by atoms with Gasteiger partial charge in [-0.2, -0.15) is 0 Å². The van der Waals surface area contributed by atoms with Gasteiger partial charge >= 0.3 is 0 Å². The van der Waals surface area contributed by atoms with E-state index in [1.165, 1.54) is 0 Å². The van der Waals surface area contributed by atoms with Crippen molar-refractivity contribution in [3.63, 3.8) is 0 Å². The molecule has 1 rings (SSSR count). The Labute approximate surface area is 104 Å². The second-order valence-corrected chi connectivity index (χ2v) is 5.07. The van der Waals surface area contributed by atoms with Crippen LogP contribution in [0.25, 0.3) is 0 Å². The summed E-state index contributed by atoms with van der Waals surface area (Å²) in [6, 6.07) is 0. The predicted octanol–water partition coefficient (Wildman–Crippen LogP) is 1.69. The minimum Gasteiger partial charge on any atom is -0.382 e. The molecule has 1 unspecified atom stereocenters. The average molecular weight is 243 g/mol. The van der Waals surface area contributed by atoms with Crippen LogP contribution < -0.4 is 0 Å². The van der Waals surface area contributed by atoms with E-state index in [0.29, 0.717) is 25.6 Å². The van der Waals surface area contributed by atoms with Gasteiger partial charge in [-0.1, -0.05) is 13.8 Å². The average Bonchev–Trinajstić information content (AvgIpc) is 2.29. The molecular formula is C13H25NO3. The van der Waals surface area contributed by atoms with Crippen molar-refractivity contribution in [3.05, 3.63) is 0 Å². The van der Waals surface area contributed by atoms with Crippen LogP contribution in [0.3, 0.4) is 0 Å². The number of carbonyl (C=O) groups is 1. The third kappa shape index (κ3) is 5.50. The Morgan fingerprint density at radius 2 is 2.18 bits per heavy atom. The van der Waals surface area contributed by atoms with E-state index >= 15 is 0 Å². The molecule has 0 radical (unpaired) electrons. The van der Waals surface area contributed by atoms with Gasteiger partial charge in [-0.25, -0.2) is 0 Å². The smallest absolute Gasteiger partial charge is 0.222 e. The van der Waals surface area contributed by atoms with E-state index in [1.807, 2.05) is 4.90 Å². The third-order valence-corrected chi connectivity index (χ3v) is 2.95. The largest absolute Gasteiger partial charge is 0.382 e. The first kappa shape index (κ1) is 14.5. The molecule has 0 aromatic rings. The van der Waals surface area contributed by atoms with Crippen molar-refractivity contribution >= 4 is 5.91 Å². The summed E-state index contributed by atoms with van der Waals surface area (Å²) < 4.78 is 10.6. The minimum absolute atomic E-state index is 0.190. The van der Waals surface area contributed by atoms with Crippen LogP contribution in [0.5, 0.6) is 0 Å². The molecule has 0 N–H and O–H groups in total. The second kappa shape index (κ2) is 7.67. The number of nitrogens with zero attached hydrogens (tertiary/aromatic N) is 1. The summed E-state index contributed by atoms with van der Waals surface area (Å²) in [7, 11) is 1.67. The van der Waals surface area contributed by atoms with E-state index < -0.39 is 0 Å². The van der Waals surface area contributed by atoms with Crippen LogP contribution >= 0.6 is 0 Å². The first-order chi connectivity index (χ1) is 8.13. The number of amides is 1. The second-order valence-electron chi connectivity index (χ2n) is 5.07. The third-order valence-electron chi connectivity index (χ3n) is 2.95. The predicted molar refractivity (Wildman–Crippen MR) is 66.9 cm³/mol. The van der Waals surface area contributed by atoms with Gasteiger partial charge < -0.3 is 14.4 Å². The minimum atomic E-state index is 0.190. The van der Waals surface area contributed by atoms with Gasteiger partial charge in [-0.05, 0) is 18.8 Å². The molecule has 0 aliphatic carbocycles. The fourth-order valence-electron chi connectivity index (χ4n) is 2.08. The van der Waals surface area contributed by atoms with Gasteiger partial charge in [0.05, 0.1) is 19.3 Å². The molecule has 4 heteroatoms. The van der Waals surface area contributed by atoms with Crippen molar-refractivity contribution in [2.45, 2.75) is 39.2 Å². The van der Waals surface area contributed by atoms with E-state index in [1.54, 1.807) is 7.11 Å². The zero-order valence-corrected chi connectivity index (χ0v) is 11.3. The number of carbonyl (C=O) groups excluding carboxylic acids is 1. The number of piperidine rings is 1. The highest BCUT2D eigenvalue weighted by atomic mass is 16.5. The number of hydrogen-bond acceptors (Lipinski definition) is 3. The number of ether oxygens (including phenoxy) is 2. The van der Waals surface area contributed by atoms with Crippen LogP contribution in [0, 0.1) is 5.92 Å². The van der Waals surface area contributed by atoms with E-state index in [2.05, 4.69) is 13.8 Å². The molecule has 1 atom stereocenters. The molecule has 0 aromatic carbocycles. The molecule has 1 aliphatic heterocycles. The van der Waals surface area contributed by atoms with Crippen LogP contribution in [0.2, 0.25) is 0 Å². The van der Waals surface area contributed by atoms with Gasteiger partial charge in [-0.15, -0.1) is 0 Å². The molecule has 0 aromatic heterocycles. The van der Waals surface area contributed by atoms with Gasteiger partial charge in [0.1, 0.15) is 0 Å². The topological polar surface area (TPSA) is 38.8 Å². The van der Waals surface area contributed by atoms with E-state index in [0.717, 1.165) is 25.9 Å². The van der Waals surface area contributed by atoms with Crippen molar-refractivity contribution < 1.29 is 14.3 Å². The lowest BCUT2D eigenvalue weighted by Gasteiger charge is -2.33. The van der Waals surface area contributed by atoms with E-state index in [9.17, 15) is 4.79 Å². The van der Waals surface area contributed by atoms with Gasteiger partial charge in [0.2, 0.25) is 5.91 Å². The van der Waals surface area contributed by atoms with Gasteiger partial charge in [0.15, 0.2) is 0 Å². The Morgan fingerprint density at radius 3 is 2.82 bits per heavy atom. The van der Waals surface area contributed by atoms with Crippen LogP contribution in [0.4, 0.5) is 0 Å². The number of methoxy groups -OCH3 is 1. The fraction of sp³-hybridized carbons (Fsp3) is 0.923. The zero-order chi connectivity index (χ0) is 12.7. The van der Waals surface area contributed by atoms with Crippen LogP contribution in [0.15, 0.2) is 0 Å². The molecule has 4 nitrogen and oxygen atoms in total. The first-order valence-electron chi connectivity index (χ1n) is 6.51. The molecule has 17 heavy (non-hydrogen) atoms. The first-order valence-corrected chi connectivity index (χ1v) is 6.51. The van der Waals surface area contributed by atoms with Crippen LogP contribution in [0.1, 0.15) is 33.1 Å². The summed E-state index contributed by atoms with van der Waals surface area (Å²) in [4.78, 5) is 13.9. The maximum absolute atomic E-state index is 11.9. The maximum atomic E-state index is 11.9. The Morgan fingerprint density at radius 1 is 1.41 bits per heavy atom. The lowest BCUT2D eigenvalue weighted by atomic mass is 10.1. The molecule has 1 saturated heterocycles. The molecule has 100 valence electrons. The van der Waals surface area contributed by atoms with Crippen molar-refractivity contribution in [1.29, 1.82) is 0 Å². The molecule has 0 bridgehead atoms. The summed E-state index contributed by atoms with van der Waals surface area (Å²) in [6.45, 7) is 7.03. The molecule has 1 fully saturated rings. The zero-order valence-electron chi connectivity index (χ0n) is 11.3. The summed E-state index contributed by atoms with van der Waals surface area (Å²) in [5.41, 5.74) is 0.